The van der Waals surface area contributed by atoms with E-state index in [4.69, 9.17) is 9.40 Å². The van der Waals surface area contributed by atoms with Crippen LogP contribution in [-0.4, -0.2) is 9.55 Å². The molecule has 7 aromatic carbocycles. The van der Waals surface area contributed by atoms with E-state index in [0.29, 0.717) is 0 Å². The van der Waals surface area contributed by atoms with Crippen LogP contribution in [0.25, 0.3) is 78.5 Å². The lowest BCUT2D eigenvalue weighted by molar-refractivity contribution is 0.669. The number of furan rings is 1. The normalized spacial score (nSPS) is 15.2. The molecule has 254 valence electrons. The third-order valence-electron chi connectivity index (χ3n) is 11.6. The zero-order chi connectivity index (χ0) is 36.0. The van der Waals surface area contributed by atoms with Crippen molar-refractivity contribution in [3.63, 3.8) is 0 Å². The van der Waals surface area contributed by atoms with Crippen molar-refractivity contribution in [3.8, 4) is 50.5 Å². The summed E-state index contributed by atoms with van der Waals surface area (Å²) in [5, 5.41) is 2.31. The smallest absolute Gasteiger partial charge is 0.145 e. The summed E-state index contributed by atoms with van der Waals surface area (Å²) in [6.07, 6.45) is 5.87. The summed E-state index contributed by atoms with van der Waals surface area (Å²) >= 11 is 0. The maximum atomic E-state index is 6.72. The average molecular weight is 691 g/mol. The van der Waals surface area contributed by atoms with E-state index in [2.05, 4.69) is 176 Å². The molecule has 0 amide bonds. The lowest BCUT2D eigenvalue weighted by Gasteiger charge is -2.30. The quantitative estimate of drug-likeness (QED) is 0.168. The van der Waals surface area contributed by atoms with Gasteiger partial charge in [-0.25, -0.2) is 4.98 Å². The van der Waals surface area contributed by atoms with E-state index in [-0.39, 0.29) is 0 Å². The molecule has 2 heterocycles. The first kappa shape index (κ1) is 30.6. The molecule has 54 heavy (non-hydrogen) atoms. The lowest BCUT2D eigenvalue weighted by Crippen LogP contribution is -2.25. The second-order valence-electron chi connectivity index (χ2n) is 14.3. The van der Waals surface area contributed by atoms with E-state index in [9.17, 15) is 0 Å². The molecule has 1 spiro atoms. The molecule has 0 aliphatic heterocycles. The molecule has 0 saturated carbocycles. The van der Waals surface area contributed by atoms with Crippen LogP contribution in [0.4, 0.5) is 0 Å². The van der Waals surface area contributed by atoms with Gasteiger partial charge in [0.25, 0.3) is 0 Å². The third-order valence-corrected chi connectivity index (χ3v) is 11.6. The SMILES string of the molecule is C=C/C=C\c1c(C)nc(-c2ccccc2)n1-c1ccc(-c2cccc3c2-c2ccccc2C32c3ccccc3-c3c2ccc2c3oc3ccccc32)cc1. The van der Waals surface area contributed by atoms with Crippen molar-refractivity contribution in [3.05, 3.63) is 210 Å². The van der Waals surface area contributed by atoms with E-state index in [1.807, 2.05) is 18.2 Å². The molecule has 3 nitrogen and oxygen atoms in total. The molecule has 3 heteroatoms. The number of fused-ring (bicyclic) bond motifs is 14. The Hall–Kier alpha value is -6.97. The van der Waals surface area contributed by atoms with Crippen LogP contribution in [0.2, 0.25) is 0 Å². The van der Waals surface area contributed by atoms with Gasteiger partial charge in [-0.1, -0.05) is 158 Å². The highest BCUT2D eigenvalue weighted by atomic mass is 16.3. The first-order valence-electron chi connectivity index (χ1n) is 18.5. The standard InChI is InChI=1S/C51H34N2O/c1-3-4-24-45-32(2)52-50(34-15-6-5-7-16-34)53(45)35-28-26-33(27-29-35)36-20-14-23-43-47(36)39-18-8-11-21-41(39)51(43)42-22-12-9-19-40(42)48-44(51)31-30-38-37-17-10-13-25-46(37)54-49(38)48/h3-31H,1H2,2H3/b24-4-. The summed E-state index contributed by atoms with van der Waals surface area (Å²) in [5.41, 5.74) is 18.1. The number of aromatic nitrogens is 2. The summed E-state index contributed by atoms with van der Waals surface area (Å²) in [7, 11) is 0. The number of hydrogen-bond acceptors (Lipinski definition) is 2. The van der Waals surface area contributed by atoms with Crippen molar-refractivity contribution < 1.29 is 4.42 Å². The fourth-order valence-corrected chi connectivity index (χ4v) is 9.42. The van der Waals surface area contributed by atoms with Crippen molar-refractivity contribution in [1.29, 1.82) is 0 Å². The van der Waals surface area contributed by atoms with Crippen LogP contribution < -0.4 is 0 Å². The van der Waals surface area contributed by atoms with E-state index < -0.39 is 5.41 Å². The summed E-state index contributed by atoms with van der Waals surface area (Å²) in [4.78, 5) is 5.04. The monoisotopic (exact) mass is 690 g/mol. The molecular weight excluding hydrogens is 657 g/mol. The summed E-state index contributed by atoms with van der Waals surface area (Å²) < 4.78 is 8.97. The van der Waals surface area contributed by atoms with Gasteiger partial charge in [0.05, 0.1) is 16.8 Å². The van der Waals surface area contributed by atoms with E-state index in [1.54, 1.807) is 0 Å². The molecule has 11 rings (SSSR count). The van der Waals surface area contributed by atoms with Crippen LogP contribution in [0.5, 0.6) is 0 Å². The van der Waals surface area contributed by atoms with Gasteiger partial charge in [0, 0.05) is 27.6 Å². The molecule has 9 aromatic rings. The number of para-hydroxylation sites is 1. The lowest BCUT2D eigenvalue weighted by atomic mass is 9.70. The molecule has 2 aliphatic rings. The van der Waals surface area contributed by atoms with Crippen LogP contribution in [0.15, 0.2) is 181 Å². The number of nitrogens with zero attached hydrogens (tertiary/aromatic N) is 2. The second kappa shape index (κ2) is 11.5. The highest BCUT2D eigenvalue weighted by molar-refractivity contribution is 6.13. The Kier molecular flexibility index (Phi) is 6.53. The van der Waals surface area contributed by atoms with Gasteiger partial charge in [-0.3, -0.25) is 4.57 Å². The Morgan fingerprint density at radius 2 is 1.22 bits per heavy atom. The number of rotatable bonds is 5. The zero-order valence-electron chi connectivity index (χ0n) is 29.8. The van der Waals surface area contributed by atoms with E-state index in [0.717, 1.165) is 50.4 Å². The Morgan fingerprint density at radius 1 is 0.574 bits per heavy atom. The van der Waals surface area contributed by atoms with Crippen LogP contribution in [-0.2, 0) is 5.41 Å². The van der Waals surface area contributed by atoms with Crippen molar-refractivity contribution in [2.75, 3.05) is 0 Å². The van der Waals surface area contributed by atoms with Gasteiger partial charge in [0.15, 0.2) is 0 Å². The zero-order valence-corrected chi connectivity index (χ0v) is 29.8. The number of allylic oxidation sites excluding steroid dienone is 2. The molecule has 0 bridgehead atoms. The topological polar surface area (TPSA) is 31.0 Å². The Bertz CT molecular complexity index is 3010. The van der Waals surface area contributed by atoms with Gasteiger partial charge < -0.3 is 4.42 Å². The molecule has 2 aromatic heterocycles. The van der Waals surface area contributed by atoms with Crippen LogP contribution in [0.3, 0.4) is 0 Å². The van der Waals surface area contributed by atoms with Crippen molar-refractivity contribution in [1.82, 2.24) is 9.55 Å². The first-order chi connectivity index (χ1) is 26.7. The third kappa shape index (κ3) is 4.04. The first-order valence-corrected chi connectivity index (χ1v) is 18.5. The second-order valence-corrected chi connectivity index (χ2v) is 14.3. The predicted octanol–water partition coefficient (Wildman–Crippen LogP) is 13.0. The Balaban J connectivity index is 1.13. The summed E-state index contributed by atoms with van der Waals surface area (Å²) in [5.74, 6) is 0.915. The van der Waals surface area contributed by atoms with Gasteiger partial charge >= 0.3 is 0 Å². The van der Waals surface area contributed by atoms with Crippen LogP contribution in [0.1, 0.15) is 33.6 Å². The molecule has 0 N–H and O–H groups in total. The molecule has 2 aliphatic carbocycles. The molecule has 0 fully saturated rings. The maximum Gasteiger partial charge on any atom is 0.145 e. The highest BCUT2D eigenvalue weighted by Gasteiger charge is 2.53. The minimum Gasteiger partial charge on any atom is -0.455 e. The number of aryl methyl sites for hydroxylation is 1. The van der Waals surface area contributed by atoms with E-state index in [1.165, 1.54) is 55.6 Å². The van der Waals surface area contributed by atoms with Gasteiger partial charge in [0.2, 0.25) is 0 Å². The number of benzene rings is 7. The van der Waals surface area contributed by atoms with Crippen molar-refractivity contribution in [2.45, 2.75) is 12.3 Å². The van der Waals surface area contributed by atoms with Gasteiger partial charge in [0.1, 0.15) is 17.0 Å². The predicted molar refractivity (Wildman–Crippen MR) is 222 cm³/mol. The molecular formula is C51H34N2O. The number of imidazole rings is 1. The fourth-order valence-electron chi connectivity index (χ4n) is 9.42. The number of hydrogen-bond donors (Lipinski definition) is 0. The van der Waals surface area contributed by atoms with Crippen LogP contribution >= 0.6 is 0 Å². The van der Waals surface area contributed by atoms with Gasteiger partial charge in [-0.15, -0.1) is 0 Å². The Morgan fingerprint density at radius 3 is 2.00 bits per heavy atom. The maximum absolute atomic E-state index is 6.72. The van der Waals surface area contributed by atoms with E-state index >= 15 is 0 Å². The molecule has 0 saturated heterocycles. The minimum atomic E-state index is -0.480. The summed E-state index contributed by atoms with van der Waals surface area (Å²) in [6, 6.07) is 57.2. The minimum absolute atomic E-state index is 0.480. The van der Waals surface area contributed by atoms with Crippen molar-refractivity contribution in [2.24, 2.45) is 0 Å². The van der Waals surface area contributed by atoms with Gasteiger partial charge in [-0.2, -0.15) is 0 Å². The van der Waals surface area contributed by atoms with Crippen molar-refractivity contribution >= 4 is 28.0 Å². The largest absolute Gasteiger partial charge is 0.455 e. The molecule has 1 unspecified atom stereocenters. The summed E-state index contributed by atoms with van der Waals surface area (Å²) in [6.45, 7) is 5.98. The van der Waals surface area contributed by atoms with Gasteiger partial charge in [-0.05, 0) is 81.3 Å². The fraction of sp³-hybridized carbons (Fsp3) is 0.0392. The molecule has 0 radical (unpaired) electrons. The van der Waals surface area contributed by atoms with Crippen LogP contribution in [0, 0.1) is 6.92 Å². The average Bonchev–Trinajstić information content (AvgIpc) is 3.95. The Labute approximate surface area is 313 Å². The molecule has 1 atom stereocenters. The highest BCUT2D eigenvalue weighted by Crippen LogP contribution is 2.65.